The highest BCUT2D eigenvalue weighted by atomic mass is 31.2. The first kappa shape index (κ1) is 54.5. The van der Waals surface area contributed by atoms with Gasteiger partial charge in [-0.3, -0.25) is 14.1 Å². The smallest absolute Gasteiger partial charge is 0.462 e. The molecule has 0 rings (SSSR count). The fraction of sp³-hybridized carbons (Fsp3) is 0.872. The molecule has 0 spiro atoms. The maximum Gasteiger partial charge on any atom is 0.469 e. The summed E-state index contributed by atoms with van der Waals surface area (Å²) in [4.78, 5) is 43.0. The quantitative estimate of drug-likeness (QED) is 0.0270. The van der Waals surface area contributed by atoms with Crippen LogP contribution in [0.4, 0.5) is 0 Å². The van der Waals surface area contributed by atoms with E-state index < -0.39 is 32.5 Å². The van der Waals surface area contributed by atoms with Gasteiger partial charge >= 0.3 is 19.8 Å². The van der Waals surface area contributed by atoms with Crippen LogP contribution in [0.2, 0.25) is 0 Å². The van der Waals surface area contributed by atoms with Crippen molar-refractivity contribution in [3.8, 4) is 0 Å². The minimum Gasteiger partial charge on any atom is -0.462 e. The Balaban J connectivity index is 3.82. The number of phosphoric acid groups is 1. The molecule has 0 aromatic rings. The second-order valence-electron chi connectivity index (χ2n) is 16.1. The summed E-state index contributed by atoms with van der Waals surface area (Å²) in [6.07, 6.45) is 50.5. The molecule has 0 saturated carbocycles. The number of hydrogen-bond donors (Lipinski definition) is 2. The first-order chi connectivity index (χ1) is 27.3. The molecule has 330 valence electrons. The zero-order valence-corrected chi connectivity index (χ0v) is 37.4. The normalized spacial score (nSPS) is 12.6. The third-order valence-corrected chi connectivity index (χ3v) is 11.0. The summed E-state index contributed by atoms with van der Waals surface area (Å²) < 4.78 is 26.5. The standard InChI is InChI=1S/C47H89O8P/c1-3-5-7-9-11-13-15-17-19-21-22-23-24-26-27-29-31-33-35-37-39-41-46(48)53-43-45(44-54-56(50,51)52)55-47(49)42-40-38-36-34-32-30-28-25-20-18-16-14-12-10-8-6-4-2/h12,14,18,20,45H,3-11,13,15-17,19,21-44H2,1-2H3,(H2,50,51,52)/b14-12+,20-18+/t45-/m1/s1. The van der Waals surface area contributed by atoms with E-state index in [1.165, 1.54) is 161 Å². The van der Waals surface area contributed by atoms with E-state index in [-0.39, 0.29) is 19.4 Å². The Labute approximate surface area is 345 Å². The van der Waals surface area contributed by atoms with Gasteiger partial charge in [0.15, 0.2) is 6.10 Å². The topological polar surface area (TPSA) is 119 Å². The molecule has 56 heavy (non-hydrogen) atoms. The maximum absolute atomic E-state index is 12.4. The number of allylic oxidation sites excluding steroid dienone is 4. The fourth-order valence-corrected chi connectivity index (χ4v) is 7.30. The lowest BCUT2D eigenvalue weighted by Gasteiger charge is -2.18. The lowest BCUT2D eigenvalue weighted by atomic mass is 10.0. The molecule has 0 unspecified atom stereocenters. The van der Waals surface area contributed by atoms with E-state index in [4.69, 9.17) is 19.3 Å². The number of carbonyl (C=O) groups is 2. The van der Waals surface area contributed by atoms with E-state index in [0.717, 1.165) is 51.4 Å². The van der Waals surface area contributed by atoms with Gasteiger partial charge in [0.2, 0.25) is 0 Å². The molecule has 0 fully saturated rings. The minimum atomic E-state index is -4.76. The van der Waals surface area contributed by atoms with Crippen molar-refractivity contribution < 1.29 is 37.9 Å². The van der Waals surface area contributed by atoms with Crippen LogP contribution in [0.1, 0.15) is 245 Å². The molecule has 0 bridgehead atoms. The van der Waals surface area contributed by atoms with Crippen LogP contribution in [0.15, 0.2) is 24.3 Å². The predicted octanol–water partition coefficient (Wildman–Crippen LogP) is 14.7. The van der Waals surface area contributed by atoms with Gasteiger partial charge in [-0.1, -0.05) is 212 Å². The van der Waals surface area contributed by atoms with Gasteiger partial charge in [-0.2, -0.15) is 0 Å². The number of carbonyl (C=O) groups excluding carboxylic acids is 2. The average molecular weight is 813 g/mol. The maximum atomic E-state index is 12.4. The van der Waals surface area contributed by atoms with Crippen LogP contribution < -0.4 is 0 Å². The molecule has 0 radical (unpaired) electrons. The molecule has 8 nitrogen and oxygen atoms in total. The molecular formula is C47H89O8P. The van der Waals surface area contributed by atoms with Crippen LogP contribution in [0, 0.1) is 0 Å². The van der Waals surface area contributed by atoms with Crippen LogP contribution in [-0.4, -0.2) is 41.0 Å². The van der Waals surface area contributed by atoms with Crippen LogP contribution >= 0.6 is 7.82 Å². The van der Waals surface area contributed by atoms with E-state index in [1.54, 1.807) is 0 Å². The molecule has 2 N–H and O–H groups in total. The molecule has 0 saturated heterocycles. The van der Waals surface area contributed by atoms with Crippen LogP contribution in [0.3, 0.4) is 0 Å². The van der Waals surface area contributed by atoms with Gasteiger partial charge in [0.05, 0.1) is 6.61 Å². The molecular weight excluding hydrogens is 723 g/mol. The van der Waals surface area contributed by atoms with Crippen molar-refractivity contribution >= 4 is 19.8 Å². The summed E-state index contributed by atoms with van der Waals surface area (Å²) in [5, 5.41) is 0. The van der Waals surface area contributed by atoms with Crippen molar-refractivity contribution in [3.63, 3.8) is 0 Å². The Kier molecular flexibility index (Phi) is 42.0. The third kappa shape index (κ3) is 45.2. The van der Waals surface area contributed by atoms with E-state index in [9.17, 15) is 14.2 Å². The SMILES string of the molecule is CCCCC/C=C/C/C=C/CCCCCCCCCC(=O)O[C@H](COC(=O)CCCCCCCCCCCCCCCCCCCCCCC)COP(=O)(O)O. The summed E-state index contributed by atoms with van der Waals surface area (Å²) >= 11 is 0. The van der Waals surface area contributed by atoms with Crippen molar-refractivity contribution in [2.24, 2.45) is 0 Å². The van der Waals surface area contributed by atoms with Crippen molar-refractivity contribution in [1.29, 1.82) is 0 Å². The summed E-state index contributed by atoms with van der Waals surface area (Å²) in [7, 11) is -4.76. The lowest BCUT2D eigenvalue weighted by molar-refractivity contribution is -0.161. The Hall–Kier alpha value is -1.47. The monoisotopic (exact) mass is 813 g/mol. The fourth-order valence-electron chi connectivity index (χ4n) is 6.93. The lowest BCUT2D eigenvalue weighted by Crippen LogP contribution is -2.29. The van der Waals surface area contributed by atoms with Gasteiger partial charge in [-0.25, -0.2) is 4.57 Å². The number of phosphoric ester groups is 1. The van der Waals surface area contributed by atoms with Gasteiger partial charge in [-0.05, 0) is 44.9 Å². The Morgan fingerprint density at radius 1 is 0.464 bits per heavy atom. The highest BCUT2D eigenvalue weighted by molar-refractivity contribution is 7.46. The molecule has 0 aromatic carbocycles. The minimum absolute atomic E-state index is 0.206. The second kappa shape index (κ2) is 43.1. The number of hydrogen-bond acceptors (Lipinski definition) is 6. The van der Waals surface area contributed by atoms with Crippen LogP contribution in [0.5, 0.6) is 0 Å². The Bertz CT molecular complexity index is 962. The summed E-state index contributed by atoms with van der Waals surface area (Å²) in [5.41, 5.74) is 0. The Morgan fingerprint density at radius 3 is 1.21 bits per heavy atom. The summed E-state index contributed by atoms with van der Waals surface area (Å²) in [6.45, 7) is 3.69. The largest absolute Gasteiger partial charge is 0.469 e. The molecule has 0 aliphatic heterocycles. The van der Waals surface area contributed by atoms with Crippen molar-refractivity contribution in [3.05, 3.63) is 24.3 Å². The molecule has 0 heterocycles. The molecule has 0 aliphatic rings. The highest BCUT2D eigenvalue weighted by Gasteiger charge is 2.23. The van der Waals surface area contributed by atoms with E-state index in [1.807, 2.05) is 0 Å². The summed E-state index contributed by atoms with van der Waals surface area (Å²) in [5.74, 6) is -0.881. The van der Waals surface area contributed by atoms with Gasteiger partial charge in [0, 0.05) is 12.8 Å². The number of rotatable bonds is 44. The zero-order valence-electron chi connectivity index (χ0n) is 36.5. The molecule has 9 heteroatoms. The number of esters is 2. The number of ether oxygens (including phenoxy) is 2. The average Bonchev–Trinajstić information content (AvgIpc) is 3.17. The predicted molar refractivity (Wildman–Crippen MR) is 235 cm³/mol. The first-order valence-corrected chi connectivity index (χ1v) is 25.2. The van der Waals surface area contributed by atoms with Gasteiger partial charge in [0.1, 0.15) is 6.61 Å². The first-order valence-electron chi connectivity index (χ1n) is 23.6. The van der Waals surface area contributed by atoms with E-state index in [0.29, 0.717) is 6.42 Å². The van der Waals surface area contributed by atoms with E-state index in [2.05, 4.69) is 42.7 Å². The van der Waals surface area contributed by atoms with Crippen molar-refractivity contribution in [2.45, 2.75) is 251 Å². The summed E-state index contributed by atoms with van der Waals surface area (Å²) in [6, 6.07) is 0. The second-order valence-corrected chi connectivity index (χ2v) is 17.3. The Morgan fingerprint density at radius 2 is 0.804 bits per heavy atom. The molecule has 1 atom stereocenters. The third-order valence-electron chi connectivity index (χ3n) is 10.5. The van der Waals surface area contributed by atoms with Gasteiger partial charge in [0.25, 0.3) is 0 Å². The number of unbranched alkanes of at least 4 members (excludes halogenated alkanes) is 30. The van der Waals surface area contributed by atoms with Gasteiger partial charge in [-0.15, -0.1) is 0 Å². The van der Waals surface area contributed by atoms with Gasteiger partial charge < -0.3 is 19.3 Å². The van der Waals surface area contributed by atoms with Crippen LogP contribution in [0.25, 0.3) is 0 Å². The molecule has 0 aromatic heterocycles. The highest BCUT2D eigenvalue weighted by Crippen LogP contribution is 2.36. The van der Waals surface area contributed by atoms with Crippen molar-refractivity contribution in [2.75, 3.05) is 13.2 Å². The van der Waals surface area contributed by atoms with Crippen LogP contribution in [-0.2, 0) is 28.2 Å². The van der Waals surface area contributed by atoms with E-state index >= 15 is 0 Å². The molecule has 0 amide bonds. The van der Waals surface area contributed by atoms with Crippen molar-refractivity contribution in [1.82, 2.24) is 0 Å². The zero-order chi connectivity index (χ0) is 41.1. The molecule has 0 aliphatic carbocycles.